The summed E-state index contributed by atoms with van der Waals surface area (Å²) in [5.41, 5.74) is 0. The highest BCUT2D eigenvalue weighted by molar-refractivity contribution is 7.09. The van der Waals surface area contributed by atoms with Crippen LogP contribution in [0.3, 0.4) is 0 Å². The number of thiophene rings is 1. The van der Waals surface area contributed by atoms with E-state index in [-0.39, 0.29) is 18.9 Å². The minimum atomic E-state index is -4.17. The van der Waals surface area contributed by atoms with E-state index < -0.39 is 18.1 Å². The van der Waals surface area contributed by atoms with Gasteiger partial charge in [-0.15, -0.1) is 11.3 Å². The van der Waals surface area contributed by atoms with Crippen LogP contribution in [0.4, 0.5) is 13.2 Å². The zero-order chi connectivity index (χ0) is 16.2. The van der Waals surface area contributed by atoms with E-state index in [0.29, 0.717) is 19.5 Å². The van der Waals surface area contributed by atoms with Crippen molar-refractivity contribution in [3.8, 4) is 0 Å². The lowest BCUT2D eigenvalue weighted by atomic mass is 9.96. The number of rotatable bonds is 5. The van der Waals surface area contributed by atoms with Crippen LogP contribution in [0.2, 0.25) is 0 Å². The smallest absolute Gasteiger partial charge is 0.354 e. The van der Waals surface area contributed by atoms with Crippen LogP contribution in [0.15, 0.2) is 17.5 Å². The number of hydrogen-bond acceptors (Lipinski definition) is 3. The highest BCUT2D eigenvalue weighted by Gasteiger charge is 2.43. The van der Waals surface area contributed by atoms with E-state index in [0.717, 1.165) is 6.42 Å². The molecule has 1 saturated heterocycles. The van der Waals surface area contributed by atoms with Crippen LogP contribution >= 0.6 is 11.3 Å². The minimum absolute atomic E-state index is 0.0803. The second kappa shape index (κ2) is 7.46. The van der Waals surface area contributed by atoms with Crippen molar-refractivity contribution in [1.82, 2.24) is 10.2 Å². The van der Waals surface area contributed by atoms with Crippen LogP contribution in [0.1, 0.15) is 24.6 Å². The van der Waals surface area contributed by atoms with Gasteiger partial charge in [0.1, 0.15) is 0 Å². The second-order valence-electron chi connectivity index (χ2n) is 5.67. The van der Waals surface area contributed by atoms with E-state index in [4.69, 9.17) is 0 Å². The Balaban J connectivity index is 1.79. The SMILES string of the molecule is CC(C(=O)NCCc1cccs1)N1CCCC(C(F)(F)F)C1. The van der Waals surface area contributed by atoms with Crippen LogP contribution in [0.25, 0.3) is 0 Å². The van der Waals surface area contributed by atoms with Crippen molar-refractivity contribution in [2.45, 2.75) is 38.4 Å². The number of amides is 1. The summed E-state index contributed by atoms with van der Waals surface area (Å²) in [5, 5.41) is 4.79. The molecule has 124 valence electrons. The van der Waals surface area contributed by atoms with Gasteiger partial charge in [-0.05, 0) is 44.2 Å². The number of piperidine rings is 1. The molecule has 1 aromatic rings. The molecule has 0 spiro atoms. The molecule has 1 aliphatic heterocycles. The van der Waals surface area contributed by atoms with Gasteiger partial charge in [0.2, 0.25) is 5.91 Å². The van der Waals surface area contributed by atoms with Crippen molar-refractivity contribution in [3.05, 3.63) is 22.4 Å². The standard InChI is InChI=1S/C15H21F3N2OS/c1-11(14(21)19-7-6-13-5-3-9-22-13)20-8-2-4-12(10-20)15(16,17)18/h3,5,9,11-12H,2,4,6-8,10H2,1H3,(H,19,21). The van der Waals surface area contributed by atoms with E-state index in [2.05, 4.69) is 5.32 Å². The molecule has 1 aliphatic rings. The number of carbonyl (C=O) groups excluding carboxylic acids is 1. The van der Waals surface area contributed by atoms with E-state index >= 15 is 0 Å². The molecule has 1 amide bonds. The summed E-state index contributed by atoms with van der Waals surface area (Å²) in [6, 6.07) is 3.43. The number of alkyl halides is 3. The van der Waals surface area contributed by atoms with Gasteiger partial charge in [-0.25, -0.2) is 0 Å². The van der Waals surface area contributed by atoms with Gasteiger partial charge in [-0.2, -0.15) is 13.2 Å². The van der Waals surface area contributed by atoms with Gasteiger partial charge < -0.3 is 5.32 Å². The lowest BCUT2D eigenvalue weighted by Gasteiger charge is -2.36. The molecule has 2 rings (SSSR count). The molecule has 1 N–H and O–H groups in total. The van der Waals surface area contributed by atoms with Crippen molar-refractivity contribution >= 4 is 17.2 Å². The first-order valence-electron chi connectivity index (χ1n) is 7.49. The van der Waals surface area contributed by atoms with E-state index in [1.807, 2.05) is 17.5 Å². The number of carbonyl (C=O) groups is 1. The highest BCUT2D eigenvalue weighted by atomic mass is 32.1. The van der Waals surface area contributed by atoms with Crippen LogP contribution in [0, 0.1) is 5.92 Å². The molecule has 0 saturated carbocycles. The zero-order valence-electron chi connectivity index (χ0n) is 12.5. The molecule has 2 unspecified atom stereocenters. The lowest BCUT2D eigenvalue weighted by molar-refractivity contribution is -0.188. The summed E-state index contributed by atoms with van der Waals surface area (Å²) in [6.07, 6.45) is -2.78. The molecule has 0 radical (unpaired) electrons. The quantitative estimate of drug-likeness (QED) is 0.897. The molecule has 7 heteroatoms. The summed E-state index contributed by atoms with van der Waals surface area (Å²) < 4.78 is 38.4. The van der Waals surface area contributed by atoms with Gasteiger partial charge >= 0.3 is 6.18 Å². The van der Waals surface area contributed by atoms with Gasteiger partial charge in [0.15, 0.2) is 0 Å². The van der Waals surface area contributed by atoms with Crippen LogP contribution in [-0.4, -0.2) is 42.7 Å². The predicted octanol–water partition coefficient (Wildman–Crippen LogP) is 3.07. The molecule has 2 atom stereocenters. The normalized spacial score (nSPS) is 21.5. The molecular weight excluding hydrogens is 313 g/mol. The zero-order valence-corrected chi connectivity index (χ0v) is 13.3. The molecule has 0 bridgehead atoms. The average molecular weight is 334 g/mol. The first-order chi connectivity index (χ1) is 10.4. The van der Waals surface area contributed by atoms with Crippen molar-refractivity contribution in [3.63, 3.8) is 0 Å². The number of hydrogen-bond donors (Lipinski definition) is 1. The first kappa shape index (κ1) is 17.3. The van der Waals surface area contributed by atoms with Crippen LogP contribution in [0.5, 0.6) is 0 Å². The lowest BCUT2D eigenvalue weighted by Crippen LogP contribution is -2.51. The summed E-state index contributed by atoms with van der Waals surface area (Å²) in [4.78, 5) is 14.9. The predicted molar refractivity (Wildman–Crippen MR) is 80.8 cm³/mol. The Morgan fingerprint density at radius 2 is 2.32 bits per heavy atom. The van der Waals surface area contributed by atoms with Crippen molar-refractivity contribution in [2.75, 3.05) is 19.6 Å². The maximum Gasteiger partial charge on any atom is 0.393 e. The van der Waals surface area contributed by atoms with Crippen molar-refractivity contribution in [2.24, 2.45) is 5.92 Å². The van der Waals surface area contributed by atoms with Crippen LogP contribution < -0.4 is 5.32 Å². The molecule has 22 heavy (non-hydrogen) atoms. The molecule has 3 nitrogen and oxygen atoms in total. The highest BCUT2D eigenvalue weighted by Crippen LogP contribution is 2.33. The monoisotopic (exact) mass is 334 g/mol. The Hall–Kier alpha value is -1.08. The van der Waals surface area contributed by atoms with Gasteiger partial charge in [0.25, 0.3) is 0 Å². The Labute approximate surface area is 132 Å². The molecule has 0 aromatic carbocycles. The number of halogens is 3. The molecule has 0 aliphatic carbocycles. The Kier molecular flexibility index (Phi) is 5.86. The number of likely N-dealkylation sites (tertiary alicyclic amines) is 1. The summed E-state index contributed by atoms with van der Waals surface area (Å²) in [5.74, 6) is -1.51. The maximum absolute atomic E-state index is 12.8. The first-order valence-corrected chi connectivity index (χ1v) is 8.36. The molecular formula is C15H21F3N2OS. The Morgan fingerprint density at radius 3 is 2.95 bits per heavy atom. The molecule has 2 heterocycles. The third-order valence-electron chi connectivity index (χ3n) is 4.09. The van der Waals surface area contributed by atoms with E-state index in [9.17, 15) is 18.0 Å². The third-order valence-corrected chi connectivity index (χ3v) is 5.03. The maximum atomic E-state index is 12.8. The Bertz CT molecular complexity index is 476. The molecule has 1 aromatic heterocycles. The second-order valence-corrected chi connectivity index (χ2v) is 6.70. The average Bonchev–Trinajstić information content (AvgIpc) is 2.99. The van der Waals surface area contributed by atoms with Crippen molar-refractivity contribution < 1.29 is 18.0 Å². The fourth-order valence-electron chi connectivity index (χ4n) is 2.70. The van der Waals surface area contributed by atoms with E-state index in [1.165, 1.54) is 4.88 Å². The van der Waals surface area contributed by atoms with Gasteiger partial charge in [0.05, 0.1) is 12.0 Å². The number of nitrogens with zero attached hydrogens (tertiary/aromatic N) is 1. The van der Waals surface area contributed by atoms with Gasteiger partial charge in [-0.3, -0.25) is 9.69 Å². The minimum Gasteiger partial charge on any atom is -0.354 e. The summed E-state index contributed by atoms with van der Waals surface area (Å²) in [6.45, 7) is 2.66. The third kappa shape index (κ3) is 4.71. The van der Waals surface area contributed by atoms with Crippen LogP contribution in [-0.2, 0) is 11.2 Å². The molecule has 1 fully saturated rings. The topological polar surface area (TPSA) is 32.3 Å². The fraction of sp³-hybridized carbons (Fsp3) is 0.667. The van der Waals surface area contributed by atoms with Crippen molar-refractivity contribution in [1.29, 1.82) is 0 Å². The van der Waals surface area contributed by atoms with E-state index in [1.54, 1.807) is 23.2 Å². The number of nitrogens with one attached hydrogen (secondary N) is 1. The Morgan fingerprint density at radius 1 is 1.55 bits per heavy atom. The summed E-state index contributed by atoms with van der Waals surface area (Å²) >= 11 is 1.63. The van der Waals surface area contributed by atoms with Gasteiger partial charge in [0, 0.05) is 18.0 Å². The summed E-state index contributed by atoms with van der Waals surface area (Å²) in [7, 11) is 0. The van der Waals surface area contributed by atoms with Gasteiger partial charge in [-0.1, -0.05) is 6.07 Å². The largest absolute Gasteiger partial charge is 0.393 e. The fourth-order valence-corrected chi connectivity index (χ4v) is 3.41.